The Hall–Kier alpha value is -2.67. The normalized spacial score (nSPS) is 17.2. The van der Waals surface area contributed by atoms with Crippen molar-refractivity contribution in [1.29, 1.82) is 0 Å². The van der Waals surface area contributed by atoms with Gasteiger partial charge >= 0.3 is 5.97 Å². The molecule has 1 saturated heterocycles. The van der Waals surface area contributed by atoms with Gasteiger partial charge in [0.05, 0.1) is 16.6 Å². The number of carbonyl (C=O) groups excluding carboxylic acids is 1. The summed E-state index contributed by atoms with van der Waals surface area (Å²) in [6.45, 7) is 0.506. The molecule has 0 aromatic heterocycles. The molecule has 0 spiro atoms. The zero-order chi connectivity index (χ0) is 18.7. The summed E-state index contributed by atoms with van der Waals surface area (Å²) in [5.41, 5.74) is 0.929. The summed E-state index contributed by atoms with van der Waals surface area (Å²) in [5, 5.41) is 9.06. The van der Waals surface area contributed by atoms with Gasteiger partial charge in [0.1, 0.15) is 0 Å². The highest BCUT2D eigenvalue weighted by Gasteiger charge is 2.31. The van der Waals surface area contributed by atoms with Crippen molar-refractivity contribution in [2.45, 2.75) is 17.1 Å². The van der Waals surface area contributed by atoms with Gasteiger partial charge in [-0.15, -0.1) is 0 Å². The highest BCUT2D eigenvalue weighted by Crippen LogP contribution is 2.22. The molecular weight excluding hydrogens is 354 g/mol. The molecule has 2 aromatic carbocycles. The lowest BCUT2D eigenvalue weighted by Crippen LogP contribution is -2.30. The number of carboxylic acids is 1. The zero-order valence-electron chi connectivity index (χ0n) is 14.0. The summed E-state index contributed by atoms with van der Waals surface area (Å²) < 4.78 is 25.3. The molecule has 0 unspecified atom stereocenters. The first-order valence-corrected chi connectivity index (χ1v) is 9.91. The molecule has 1 amide bonds. The summed E-state index contributed by atoms with van der Waals surface area (Å²) in [4.78, 5) is 25.2. The molecule has 0 radical (unpaired) electrons. The minimum atomic E-state index is -3.58. The van der Waals surface area contributed by atoms with Crippen molar-refractivity contribution in [2.24, 2.45) is 5.92 Å². The molecule has 1 atom stereocenters. The Kier molecular flexibility index (Phi) is 5.08. The molecule has 6 nitrogen and oxygen atoms in total. The van der Waals surface area contributed by atoms with Crippen LogP contribution in [0.5, 0.6) is 0 Å². The van der Waals surface area contributed by atoms with Crippen molar-refractivity contribution in [3.05, 3.63) is 65.7 Å². The van der Waals surface area contributed by atoms with E-state index in [1.165, 1.54) is 23.1 Å². The van der Waals surface area contributed by atoms with Crippen LogP contribution in [0.25, 0.3) is 0 Å². The number of sulfone groups is 1. The van der Waals surface area contributed by atoms with Crippen LogP contribution < -0.4 is 0 Å². The third-order valence-corrected chi connectivity index (χ3v) is 6.15. The molecule has 0 aliphatic carbocycles. The number of aliphatic carboxylic acids is 1. The van der Waals surface area contributed by atoms with Gasteiger partial charge in [0.25, 0.3) is 5.91 Å². The van der Waals surface area contributed by atoms with Crippen LogP contribution in [-0.4, -0.2) is 43.4 Å². The maximum Gasteiger partial charge on any atom is 0.308 e. The molecule has 1 aliphatic heterocycles. The van der Waals surface area contributed by atoms with Crippen LogP contribution in [-0.2, 0) is 20.4 Å². The van der Waals surface area contributed by atoms with Crippen LogP contribution in [0.1, 0.15) is 22.3 Å². The molecule has 7 heteroatoms. The number of rotatable bonds is 5. The van der Waals surface area contributed by atoms with Gasteiger partial charge in [0, 0.05) is 18.7 Å². The molecular formula is C19H19NO5S. The van der Waals surface area contributed by atoms with Gasteiger partial charge in [-0.05, 0) is 30.2 Å². The third kappa shape index (κ3) is 3.94. The van der Waals surface area contributed by atoms with Gasteiger partial charge in [-0.2, -0.15) is 0 Å². The lowest BCUT2D eigenvalue weighted by Gasteiger charge is -2.16. The number of carboxylic acid groups (broad SMARTS) is 1. The van der Waals surface area contributed by atoms with Gasteiger partial charge in [0.15, 0.2) is 9.84 Å². The molecule has 1 N–H and O–H groups in total. The highest BCUT2D eigenvalue weighted by molar-refractivity contribution is 7.90. The second-order valence-electron chi connectivity index (χ2n) is 6.35. The van der Waals surface area contributed by atoms with Crippen LogP contribution >= 0.6 is 0 Å². The molecule has 2 aromatic rings. The molecule has 1 aliphatic rings. The second-order valence-corrected chi connectivity index (χ2v) is 8.34. The monoisotopic (exact) mass is 373 g/mol. The lowest BCUT2D eigenvalue weighted by molar-refractivity contribution is -0.141. The Morgan fingerprint density at radius 2 is 1.81 bits per heavy atom. The van der Waals surface area contributed by atoms with Crippen molar-refractivity contribution in [1.82, 2.24) is 4.90 Å². The van der Waals surface area contributed by atoms with E-state index in [0.29, 0.717) is 18.5 Å². The fourth-order valence-corrected chi connectivity index (χ4v) is 4.42. The van der Waals surface area contributed by atoms with E-state index < -0.39 is 21.7 Å². The van der Waals surface area contributed by atoms with E-state index in [-0.39, 0.29) is 28.7 Å². The molecule has 3 rings (SSSR count). The maximum atomic E-state index is 12.6. The van der Waals surface area contributed by atoms with E-state index in [4.69, 9.17) is 5.11 Å². The largest absolute Gasteiger partial charge is 0.481 e. The number of hydrogen-bond donors (Lipinski definition) is 1. The molecule has 0 saturated carbocycles. The van der Waals surface area contributed by atoms with Crippen molar-refractivity contribution in [3.8, 4) is 0 Å². The number of amides is 1. The quantitative estimate of drug-likeness (QED) is 0.868. The summed E-state index contributed by atoms with van der Waals surface area (Å²) >= 11 is 0. The van der Waals surface area contributed by atoms with Gasteiger partial charge in [-0.25, -0.2) is 8.42 Å². The van der Waals surface area contributed by atoms with Gasteiger partial charge in [0.2, 0.25) is 0 Å². The van der Waals surface area contributed by atoms with E-state index >= 15 is 0 Å². The first-order valence-electron chi connectivity index (χ1n) is 8.25. The Morgan fingerprint density at radius 1 is 1.08 bits per heavy atom. The molecule has 136 valence electrons. The minimum Gasteiger partial charge on any atom is -0.481 e. The Morgan fingerprint density at radius 3 is 2.46 bits per heavy atom. The van der Waals surface area contributed by atoms with Crippen molar-refractivity contribution < 1.29 is 23.1 Å². The Bertz CT molecular complexity index is 924. The number of benzene rings is 2. The summed E-state index contributed by atoms with van der Waals surface area (Å²) in [7, 11) is -3.58. The second kappa shape index (κ2) is 7.29. The predicted molar refractivity (Wildman–Crippen MR) is 95.4 cm³/mol. The molecule has 0 bridgehead atoms. The van der Waals surface area contributed by atoms with Gasteiger partial charge in [-0.3, -0.25) is 9.59 Å². The first-order chi connectivity index (χ1) is 12.4. The molecule has 26 heavy (non-hydrogen) atoms. The highest BCUT2D eigenvalue weighted by atomic mass is 32.2. The molecule has 1 fully saturated rings. The van der Waals surface area contributed by atoms with Crippen LogP contribution in [0.3, 0.4) is 0 Å². The number of nitrogens with zero attached hydrogens (tertiary/aromatic N) is 1. The van der Waals surface area contributed by atoms with Crippen molar-refractivity contribution >= 4 is 21.7 Å². The number of carbonyl (C=O) groups is 2. The van der Waals surface area contributed by atoms with E-state index in [1.54, 1.807) is 30.3 Å². The number of likely N-dealkylation sites (tertiary alicyclic amines) is 1. The smallest absolute Gasteiger partial charge is 0.308 e. The van der Waals surface area contributed by atoms with Crippen LogP contribution in [0.15, 0.2) is 59.5 Å². The van der Waals surface area contributed by atoms with Gasteiger partial charge in [-0.1, -0.05) is 36.4 Å². The van der Waals surface area contributed by atoms with Gasteiger partial charge < -0.3 is 10.0 Å². The topological polar surface area (TPSA) is 91.8 Å². The van der Waals surface area contributed by atoms with E-state index in [1.807, 2.05) is 6.07 Å². The summed E-state index contributed by atoms with van der Waals surface area (Å²) in [6, 6.07) is 14.8. The third-order valence-electron chi connectivity index (χ3n) is 4.46. The van der Waals surface area contributed by atoms with E-state index in [9.17, 15) is 18.0 Å². The summed E-state index contributed by atoms with van der Waals surface area (Å²) in [6.07, 6.45) is 0.410. The predicted octanol–water partition coefficient (Wildman–Crippen LogP) is 2.21. The van der Waals surface area contributed by atoms with Crippen molar-refractivity contribution in [3.63, 3.8) is 0 Å². The zero-order valence-corrected chi connectivity index (χ0v) is 14.9. The van der Waals surface area contributed by atoms with Crippen LogP contribution in [0, 0.1) is 5.92 Å². The average Bonchev–Trinajstić information content (AvgIpc) is 3.12. The lowest BCUT2D eigenvalue weighted by atomic mass is 10.1. The van der Waals surface area contributed by atoms with Crippen LogP contribution in [0.4, 0.5) is 0 Å². The molecule has 1 heterocycles. The number of hydrogen-bond acceptors (Lipinski definition) is 4. The fourth-order valence-electron chi connectivity index (χ4n) is 3.03. The van der Waals surface area contributed by atoms with Crippen LogP contribution in [0.2, 0.25) is 0 Å². The van der Waals surface area contributed by atoms with Crippen molar-refractivity contribution in [2.75, 3.05) is 13.1 Å². The van der Waals surface area contributed by atoms with E-state index in [2.05, 4.69) is 0 Å². The average molecular weight is 373 g/mol. The first kappa shape index (κ1) is 18.1. The summed E-state index contributed by atoms with van der Waals surface area (Å²) in [5.74, 6) is -1.97. The maximum absolute atomic E-state index is 12.6. The van der Waals surface area contributed by atoms with E-state index in [0.717, 1.165) is 0 Å². The fraction of sp³-hybridized carbons (Fsp3) is 0.263. The minimum absolute atomic E-state index is 0.0844. The standard InChI is InChI=1S/C19H19NO5S/c21-18(20-10-9-16(12-20)19(22)23)15-7-4-8-17(11-15)26(24,25)13-14-5-2-1-3-6-14/h1-8,11,16H,9-10,12-13H2,(H,22,23)/t16-/m0/s1. The SMILES string of the molecule is O=C(O)[C@H]1CCN(C(=O)c2cccc(S(=O)(=O)Cc3ccccc3)c2)C1. The Balaban J connectivity index is 1.80. The Labute approximate surface area is 152 Å².